The maximum Gasteiger partial charge on any atom is 0.200 e. The first kappa shape index (κ1) is 35.1. The number of rotatable bonds is 6. The topological polar surface area (TPSA) is 83.9 Å². The molecule has 0 amide bonds. The largest absolute Gasteiger partial charge is 0.394 e. The third-order valence-electron chi connectivity index (χ3n) is 9.13. The van der Waals surface area contributed by atoms with Gasteiger partial charge in [0.15, 0.2) is 11.6 Å². The molecule has 2 saturated heterocycles. The molecule has 0 aromatic heterocycles. The molecular weight excluding hydrogens is 580 g/mol. The van der Waals surface area contributed by atoms with Gasteiger partial charge in [-0.1, -0.05) is 95.2 Å². The monoisotopic (exact) mass is 638 g/mol. The Morgan fingerprint density at radius 2 is 0.935 bits per heavy atom. The lowest BCUT2D eigenvalue weighted by Gasteiger charge is -2.47. The zero-order chi connectivity index (χ0) is 34.1. The first-order valence-corrected chi connectivity index (χ1v) is 16.8. The summed E-state index contributed by atoms with van der Waals surface area (Å²) in [6.45, 7) is 28.4. The molecule has 5 rings (SSSR count). The smallest absolute Gasteiger partial charge is 0.200 e. The molecule has 3 aliphatic heterocycles. The number of nitrogens with zero attached hydrogens (tertiary/aromatic N) is 2. The number of benzene rings is 2. The summed E-state index contributed by atoms with van der Waals surface area (Å²) in [5, 5.41) is 19.9. The maximum atomic E-state index is 9.97. The molecule has 2 N–H and O–H groups in total. The Bertz CT molecular complexity index is 1310. The van der Waals surface area contributed by atoms with Gasteiger partial charge in [-0.2, -0.15) is 0 Å². The Labute approximate surface area is 277 Å². The lowest BCUT2D eigenvalue weighted by atomic mass is 9.79. The second-order valence-electron chi connectivity index (χ2n) is 17.9. The summed E-state index contributed by atoms with van der Waals surface area (Å²) in [6, 6.07) is 13.2. The van der Waals surface area contributed by atoms with Crippen LogP contribution in [0, 0.1) is 21.7 Å². The van der Waals surface area contributed by atoms with Crippen molar-refractivity contribution in [1.82, 2.24) is 0 Å². The van der Waals surface area contributed by atoms with E-state index in [1.165, 1.54) is 0 Å². The van der Waals surface area contributed by atoms with E-state index in [-0.39, 0.29) is 47.1 Å². The van der Waals surface area contributed by atoms with Gasteiger partial charge in [-0.15, -0.1) is 0 Å². The van der Waals surface area contributed by atoms with Crippen LogP contribution in [0.4, 0.5) is 22.7 Å². The molecule has 256 valence electrons. The number of aliphatic hydroxyl groups excluding tert-OH is 2. The second kappa shape index (κ2) is 11.7. The minimum atomic E-state index is -0.999. The Kier molecular flexibility index (Phi) is 8.96. The molecule has 2 fully saturated rings. The summed E-state index contributed by atoms with van der Waals surface area (Å²) in [5.74, 6) is -2.00. The van der Waals surface area contributed by atoms with Crippen molar-refractivity contribution in [3.63, 3.8) is 0 Å². The molecule has 3 heterocycles. The van der Waals surface area contributed by atoms with Gasteiger partial charge in [0.05, 0.1) is 49.2 Å². The fourth-order valence-electron chi connectivity index (χ4n) is 7.06. The van der Waals surface area contributed by atoms with Crippen molar-refractivity contribution in [1.29, 1.82) is 0 Å². The molecule has 2 aromatic carbocycles. The molecule has 0 bridgehead atoms. The van der Waals surface area contributed by atoms with Crippen LogP contribution in [-0.2, 0) is 30.5 Å². The number of hydrogen-bond acceptors (Lipinski definition) is 8. The molecule has 4 unspecified atom stereocenters. The number of ether oxygens (including phenoxy) is 4. The van der Waals surface area contributed by atoms with Crippen LogP contribution in [0.2, 0.25) is 0 Å². The highest BCUT2D eigenvalue weighted by atomic mass is 16.8. The molecule has 0 aliphatic carbocycles. The molecule has 3 aliphatic rings. The lowest BCUT2D eigenvalue weighted by molar-refractivity contribution is -0.243. The van der Waals surface area contributed by atoms with E-state index >= 15 is 0 Å². The van der Waals surface area contributed by atoms with Gasteiger partial charge in [0.2, 0.25) is 0 Å². The van der Waals surface area contributed by atoms with Crippen LogP contribution < -0.4 is 9.80 Å². The summed E-state index contributed by atoms with van der Waals surface area (Å²) in [5.41, 5.74) is 5.50. The highest BCUT2D eigenvalue weighted by Crippen LogP contribution is 2.56. The Balaban J connectivity index is 1.73. The normalized spacial score (nSPS) is 27.3. The SMILES string of the molecule is CC(C)(C)CN1c2ccc(C3(C(C)(C)C)OCC(CO)O3)cc2N(CC(C)(C)C)c2ccc(C3(C(C)(C)C)OCC(CO)O3)cc21. The predicted octanol–water partition coefficient (Wildman–Crippen LogP) is 7.58. The van der Waals surface area contributed by atoms with Crippen molar-refractivity contribution in [2.24, 2.45) is 21.7 Å². The molecule has 46 heavy (non-hydrogen) atoms. The van der Waals surface area contributed by atoms with Gasteiger partial charge in [0.1, 0.15) is 12.2 Å². The Morgan fingerprint density at radius 1 is 0.587 bits per heavy atom. The minimum absolute atomic E-state index is 0.0157. The van der Waals surface area contributed by atoms with E-state index in [4.69, 9.17) is 18.9 Å². The van der Waals surface area contributed by atoms with E-state index in [2.05, 4.69) is 129 Å². The van der Waals surface area contributed by atoms with Gasteiger partial charge in [0, 0.05) is 35.0 Å². The van der Waals surface area contributed by atoms with Crippen molar-refractivity contribution in [2.75, 3.05) is 49.3 Å². The van der Waals surface area contributed by atoms with E-state index in [1.54, 1.807) is 0 Å². The van der Waals surface area contributed by atoms with E-state index in [1.807, 2.05) is 0 Å². The first-order chi connectivity index (χ1) is 21.1. The van der Waals surface area contributed by atoms with Crippen LogP contribution in [0.5, 0.6) is 0 Å². The molecule has 2 aromatic rings. The molecule has 0 saturated carbocycles. The number of anilines is 4. The minimum Gasteiger partial charge on any atom is -0.394 e. The average Bonchev–Trinajstić information content (AvgIpc) is 3.59. The van der Waals surface area contributed by atoms with Gasteiger partial charge in [-0.25, -0.2) is 0 Å². The van der Waals surface area contributed by atoms with Crippen molar-refractivity contribution < 1.29 is 29.2 Å². The predicted molar refractivity (Wildman–Crippen MR) is 184 cm³/mol. The maximum absolute atomic E-state index is 9.97. The van der Waals surface area contributed by atoms with Crippen molar-refractivity contribution in [3.8, 4) is 0 Å². The number of fused-ring (bicyclic) bond motifs is 2. The highest BCUT2D eigenvalue weighted by molar-refractivity contribution is 5.94. The van der Waals surface area contributed by atoms with Crippen LogP contribution >= 0.6 is 0 Å². The third kappa shape index (κ3) is 6.22. The quantitative estimate of drug-likeness (QED) is 0.335. The van der Waals surface area contributed by atoms with Crippen LogP contribution in [-0.4, -0.2) is 61.9 Å². The second-order valence-corrected chi connectivity index (χ2v) is 17.9. The lowest BCUT2D eigenvalue weighted by Crippen LogP contribution is -2.43. The van der Waals surface area contributed by atoms with E-state index in [9.17, 15) is 10.2 Å². The summed E-state index contributed by atoms with van der Waals surface area (Å²) in [7, 11) is 0. The molecule has 4 atom stereocenters. The number of hydrogen-bond donors (Lipinski definition) is 2. The first-order valence-electron chi connectivity index (χ1n) is 16.8. The van der Waals surface area contributed by atoms with Gasteiger partial charge >= 0.3 is 0 Å². The van der Waals surface area contributed by atoms with Gasteiger partial charge in [-0.05, 0) is 35.1 Å². The van der Waals surface area contributed by atoms with Gasteiger partial charge in [-0.3, -0.25) is 0 Å². The summed E-state index contributed by atoms with van der Waals surface area (Å²) < 4.78 is 26.0. The van der Waals surface area contributed by atoms with E-state index < -0.39 is 11.6 Å². The van der Waals surface area contributed by atoms with Gasteiger partial charge < -0.3 is 39.0 Å². The highest BCUT2D eigenvalue weighted by Gasteiger charge is 2.54. The van der Waals surface area contributed by atoms with E-state index in [0.29, 0.717) is 13.2 Å². The summed E-state index contributed by atoms with van der Waals surface area (Å²) >= 11 is 0. The summed E-state index contributed by atoms with van der Waals surface area (Å²) in [4.78, 5) is 4.87. The Morgan fingerprint density at radius 3 is 1.20 bits per heavy atom. The molecule has 0 radical (unpaired) electrons. The zero-order valence-electron chi connectivity index (χ0n) is 30.3. The fourth-order valence-corrected chi connectivity index (χ4v) is 7.06. The molecule has 8 nitrogen and oxygen atoms in total. The fraction of sp³-hybridized carbons (Fsp3) is 0.684. The standard InChI is InChI=1S/C38H58N2O6/c1-33(2,3)23-39-29-15-13-26(38(36(10,11)12)44-22-28(20-42)46-38)18-32(29)40(24-34(4,5)6)30-16-14-25(17-31(30)39)37(35(7,8)9)43-21-27(19-41)45-37/h13-18,27-28,41-42H,19-24H2,1-12H3. The Hall–Kier alpha value is -2.20. The van der Waals surface area contributed by atoms with Crippen LogP contribution in [0.3, 0.4) is 0 Å². The molecular formula is C38H58N2O6. The van der Waals surface area contributed by atoms with Crippen LogP contribution in [0.25, 0.3) is 0 Å². The average molecular weight is 639 g/mol. The third-order valence-corrected chi connectivity index (χ3v) is 9.13. The number of aliphatic hydroxyl groups is 2. The molecule has 8 heteroatoms. The zero-order valence-corrected chi connectivity index (χ0v) is 30.3. The van der Waals surface area contributed by atoms with E-state index in [0.717, 1.165) is 47.0 Å². The van der Waals surface area contributed by atoms with Crippen molar-refractivity contribution >= 4 is 22.7 Å². The van der Waals surface area contributed by atoms with Crippen LogP contribution in [0.15, 0.2) is 36.4 Å². The van der Waals surface area contributed by atoms with Crippen molar-refractivity contribution in [3.05, 3.63) is 47.5 Å². The van der Waals surface area contributed by atoms with Crippen LogP contribution in [0.1, 0.15) is 94.2 Å². The molecule has 0 spiro atoms. The summed E-state index contributed by atoms with van der Waals surface area (Å²) in [6.07, 6.45) is -0.754. The van der Waals surface area contributed by atoms with Gasteiger partial charge in [0.25, 0.3) is 0 Å². The van der Waals surface area contributed by atoms with Crippen molar-refractivity contribution in [2.45, 2.75) is 107 Å².